The van der Waals surface area contributed by atoms with Crippen LogP contribution in [0.5, 0.6) is 0 Å². The molecule has 0 amide bonds. The van der Waals surface area contributed by atoms with Gasteiger partial charge in [-0.2, -0.15) is 0 Å². The Morgan fingerprint density at radius 3 is 3.00 bits per heavy atom. The Bertz CT molecular complexity index is 205. The third-order valence-electron chi connectivity index (χ3n) is 0.990. The van der Waals surface area contributed by atoms with E-state index in [9.17, 15) is 4.79 Å². The fourth-order valence-electron chi connectivity index (χ4n) is 0.542. The van der Waals surface area contributed by atoms with Crippen LogP contribution in [-0.2, 0) is 6.42 Å². The SMILES string of the molecule is CCc1ncc(C=O)o1. The van der Waals surface area contributed by atoms with Crippen molar-refractivity contribution in [2.75, 3.05) is 0 Å². The summed E-state index contributed by atoms with van der Waals surface area (Å²) >= 11 is 0. The van der Waals surface area contributed by atoms with Crippen LogP contribution in [-0.4, -0.2) is 11.3 Å². The van der Waals surface area contributed by atoms with E-state index >= 15 is 0 Å². The van der Waals surface area contributed by atoms with Gasteiger partial charge in [-0.15, -0.1) is 0 Å². The number of nitrogens with zero attached hydrogens (tertiary/aromatic N) is 1. The Morgan fingerprint density at radius 1 is 1.89 bits per heavy atom. The third kappa shape index (κ3) is 1.16. The van der Waals surface area contributed by atoms with Crippen LogP contribution < -0.4 is 0 Å². The van der Waals surface area contributed by atoms with Crippen LogP contribution in [0.3, 0.4) is 0 Å². The molecule has 9 heavy (non-hydrogen) atoms. The Kier molecular flexibility index (Phi) is 1.63. The topological polar surface area (TPSA) is 43.1 Å². The second kappa shape index (κ2) is 2.44. The summed E-state index contributed by atoms with van der Waals surface area (Å²) in [5.41, 5.74) is 0. The van der Waals surface area contributed by atoms with Gasteiger partial charge in [0.2, 0.25) is 0 Å². The lowest BCUT2D eigenvalue weighted by Crippen LogP contribution is -1.74. The Hall–Kier alpha value is -1.12. The fourth-order valence-corrected chi connectivity index (χ4v) is 0.542. The first-order valence-electron chi connectivity index (χ1n) is 2.76. The van der Waals surface area contributed by atoms with Crippen LogP contribution in [0.25, 0.3) is 0 Å². The minimum atomic E-state index is 0.298. The average Bonchev–Trinajstić information content (AvgIpc) is 2.34. The molecule has 1 heterocycles. The molecular formula is C6H7NO2. The molecule has 3 heteroatoms. The quantitative estimate of drug-likeness (QED) is 0.555. The summed E-state index contributed by atoms with van der Waals surface area (Å²) in [6.07, 6.45) is 2.80. The van der Waals surface area contributed by atoms with Crippen molar-refractivity contribution in [3.8, 4) is 0 Å². The molecule has 0 spiro atoms. The summed E-state index contributed by atoms with van der Waals surface area (Å²) in [6.45, 7) is 1.92. The van der Waals surface area contributed by atoms with E-state index in [1.807, 2.05) is 6.92 Å². The molecular weight excluding hydrogens is 118 g/mol. The molecule has 0 unspecified atom stereocenters. The summed E-state index contributed by atoms with van der Waals surface area (Å²) in [5, 5.41) is 0. The Morgan fingerprint density at radius 2 is 2.67 bits per heavy atom. The van der Waals surface area contributed by atoms with Crippen LogP contribution in [0.2, 0.25) is 0 Å². The highest BCUT2D eigenvalue weighted by Gasteiger charge is 1.97. The number of aldehydes is 1. The molecule has 0 fully saturated rings. The van der Waals surface area contributed by atoms with Gasteiger partial charge in [-0.05, 0) is 0 Å². The maximum atomic E-state index is 10.0. The van der Waals surface area contributed by atoms with Gasteiger partial charge in [0.15, 0.2) is 17.9 Å². The first kappa shape index (κ1) is 6.01. The molecule has 0 atom stereocenters. The molecule has 1 aromatic heterocycles. The maximum Gasteiger partial charge on any atom is 0.194 e. The predicted molar refractivity (Wildman–Crippen MR) is 31.3 cm³/mol. The highest BCUT2D eigenvalue weighted by Crippen LogP contribution is 1.99. The fraction of sp³-hybridized carbons (Fsp3) is 0.333. The van der Waals surface area contributed by atoms with Gasteiger partial charge in [-0.3, -0.25) is 4.79 Å². The van der Waals surface area contributed by atoms with Crippen molar-refractivity contribution < 1.29 is 9.21 Å². The van der Waals surface area contributed by atoms with Gasteiger partial charge < -0.3 is 4.42 Å². The van der Waals surface area contributed by atoms with Gasteiger partial charge in [-0.1, -0.05) is 6.92 Å². The van der Waals surface area contributed by atoms with E-state index in [1.165, 1.54) is 6.20 Å². The number of hydrogen-bond donors (Lipinski definition) is 0. The van der Waals surface area contributed by atoms with E-state index in [2.05, 4.69) is 4.98 Å². The first-order chi connectivity index (χ1) is 4.36. The van der Waals surface area contributed by atoms with Crippen LogP contribution in [0.15, 0.2) is 10.6 Å². The first-order valence-corrected chi connectivity index (χ1v) is 2.76. The van der Waals surface area contributed by atoms with Crippen LogP contribution in [0, 0.1) is 0 Å². The average molecular weight is 125 g/mol. The van der Waals surface area contributed by atoms with Crippen LogP contribution in [0.4, 0.5) is 0 Å². The largest absolute Gasteiger partial charge is 0.438 e. The lowest BCUT2D eigenvalue weighted by Gasteiger charge is -1.80. The van der Waals surface area contributed by atoms with E-state index in [4.69, 9.17) is 4.42 Å². The summed E-state index contributed by atoms with van der Waals surface area (Å²) in [4.78, 5) is 13.8. The maximum absolute atomic E-state index is 10.0. The Labute approximate surface area is 52.7 Å². The number of aryl methyl sites for hydroxylation is 1. The monoisotopic (exact) mass is 125 g/mol. The standard InChI is InChI=1S/C6H7NO2/c1-2-6-7-3-5(4-8)9-6/h3-4H,2H2,1H3. The smallest absolute Gasteiger partial charge is 0.194 e. The molecule has 0 saturated carbocycles. The lowest BCUT2D eigenvalue weighted by atomic mass is 10.5. The number of carbonyl (C=O) groups excluding carboxylic acids is 1. The number of carbonyl (C=O) groups is 1. The molecule has 1 aromatic rings. The van der Waals surface area contributed by atoms with Gasteiger partial charge in [0.05, 0.1) is 6.20 Å². The normalized spacial score (nSPS) is 9.44. The summed E-state index contributed by atoms with van der Waals surface area (Å²) in [7, 11) is 0. The summed E-state index contributed by atoms with van der Waals surface area (Å²) in [5.74, 6) is 0.906. The molecule has 0 N–H and O–H groups in total. The summed E-state index contributed by atoms with van der Waals surface area (Å²) in [6, 6.07) is 0. The van der Waals surface area contributed by atoms with E-state index in [-0.39, 0.29) is 0 Å². The molecule has 1 rings (SSSR count). The lowest BCUT2D eigenvalue weighted by molar-refractivity contribution is 0.109. The minimum absolute atomic E-state index is 0.298. The minimum Gasteiger partial charge on any atom is -0.438 e. The van der Waals surface area contributed by atoms with Crippen molar-refractivity contribution in [3.05, 3.63) is 17.8 Å². The second-order valence-corrected chi connectivity index (χ2v) is 1.63. The predicted octanol–water partition coefficient (Wildman–Crippen LogP) is 1.05. The van der Waals surface area contributed by atoms with Gasteiger partial charge in [0.25, 0.3) is 0 Å². The molecule has 0 aliphatic carbocycles. The van der Waals surface area contributed by atoms with Gasteiger partial charge in [0, 0.05) is 6.42 Å². The molecule has 0 bridgehead atoms. The highest BCUT2D eigenvalue weighted by atomic mass is 16.4. The molecule has 0 saturated heterocycles. The van der Waals surface area contributed by atoms with E-state index in [1.54, 1.807) is 0 Å². The van der Waals surface area contributed by atoms with Crippen molar-refractivity contribution >= 4 is 6.29 Å². The zero-order chi connectivity index (χ0) is 6.69. The highest BCUT2D eigenvalue weighted by molar-refractivity contribution is 5.69. The molecule has 0 aliphatic rings. The summed E-state index contributed by atoms with van der Waals surface area (Å²) < 4.78 is 4.90. The van der Waals surface area contributed by atoms with Crippen LogP contribution in [0.1, 0.15) is 23.4 Å². The molecule has 0 aromatic carbocycles. The number of aromatic nitrogens is 1. The molecule has 0 radical (unpaired) electrons. The van der Waals surface area contributed by atoms with Crippen molar-refractivity contribution in [3.63, 3.8) is 0 Å². The Balaban J connectivity index is 2.86. The van der Waals surface area contributed by atoms with Crippen molar-refractivity contribution in [2.24, 2.45) is 0 Å². The van der Waals surface area contributed by atoms with Gasteiger partial charge >= 0.3 is 0 Å². The zero-order valence-electron chi connectivity index (χ0n) is 5.13. The van der Waals surface area contributed by atoms with E-state index in [0.717, 1.165) is 6.42 Å². The molecule has 48 valence electrons. The molecule has 0 aliphatic heterocycles. The molecule has 3 nitrogen and oxygen atoms in total. The second-order valence-electron chi connectivity index (χ2n) is 1.63. The van der Waals surface area contributed by atoms with E-state index in [0.29, 0.717) is 17.9 Å². The third-order valence-corrected chi connectivity index (χ3v) is 0.990. The number of oxazole rings is 1. The number of hydrogen-bond acceptors (Lipinski definition) is 3. The number of rotatable bonds is 2. The van der Waals surface area contributed by atoms with Crippen molar-refractivity contribution in [1.29, 1.82) is 0 Å². The van der Waals surface area contributed by atoms with Gasteiger partial charge in [-0.25, -0.2) is 4.98 Å². The zero-order valence-corrected chi connectivity index (χ0v) is 5.13. The van der Waals surface area contributed by atoms with E-state index < -0.39 is 0 Å². The van der Waals surface area contributed by atoms with Gasteiger partial charge in [0.1, 0.15) is 0 Å². The van der Waals surface area contributed by atoms with Crippen molar-refractivity contribution in [1.82, 2.24) is 4.98 Å². The van der Waals surface area contributed by atoms with Crippen LogP contribution >= 0.6 is 0 Å². The van der Waals surface area contributed by atoms with Crippen molar-refractivity contribution in [2.45, 2.75) is 13.3 Å².